The van der Waals surface area contributed by atoms with Crippen molar-refractivity contribution in [3.63, 3.8) is 0 Å². The van der Waals surface area contributed by atoms with Gasteiger partial charge in [-0.2, -0.15) is 0 Å². The van der Waals surface area contributed by atoms with Crippen molar-refractivity contribution >= 4 is 54.1 Å². The number of hydrogen-bond acceptors (Lipinski definition) is 3. The molecule has 0 bridgehead atoms. The standard InChI is InChI=1S/C58H40N4/c1-37-14-2-5-17-44(37)38-26-28-40(29-27-38)58-61-53-24-12-13-25-56(53)62(58)43-32-30-39(31-33-43)57-59-54(51-34-41-15-3-6-18-45(41)47-20-8-10-22-49(47)51)36-55(60-57)52-35-42-16-4-7-19-46(42)48-21-9-11-23-50(48)52/h2-37,44H,1H3. The first-order valence-corrected chi connectivity index (χ1v) is 21.4. The lowest BCUT2D eigenvalue weighted by Crippen LogP contribution is -2.07. The van der Waals surface area contributed by atoms with Crippen molar-refractivity contribution in [1.82, 2.24) is 19.5 Å². The molecule has 2 heterocycles. The zero-order chi connectivity index (χ0) is 41.1. The van der Waals surface area contributed by atoms with Crippen LogP contribution in [0.1, 0.15) is 18.4 Å². The van der Waals surface area contributed by atoms with E-state index in [2.05, 4.69) is 224 Å². The van der Waals surface area contributed by atoms with Gasteiger partial charge in [-0.3, -0.25) is 4.57 Å². The van der Waals surface area contributed by atoms with Gasteiger partial charge >= 0.3 is 0 Å². The predicted molar refractivity (Wildman–Crippen MR) is 259 cm³/mol. The minimum Gasteiger partial charge on any atom is -0.292 e. The van der Waals surface area contributed by atoms with Gasteiger partial charge in [0.25, 0.3) is 0 Å². The van der Waals surface area contributed by atoms with Crippen LogP contribution in [-0.4, -0.2) is 19.5 Å². The van der Waals surface area contributed by atoms with Crippen molar-refractivity contribution in [3.05, 3.63) is 218 Å². The van der Waals surface area contributed by atoms with E-state index in [1.165, 1.54) is 37.9 Å². The molecule has 2 aromatic heterocycles. The average molecular weight is 793 g/mol. The summed E-state index contributed by atoms with van der Waals surface area (Å²) in [4.78, 5) is 16.0. The molecule has 292 valence electrons. The molecule has 0 aliphatic heterocycles. The van der Waals surface area contributed by atoms with Crippen LogP contribution in [-0.2, 0) is 0 Å². The van der Waals surface area contributed by atoms with Gasteiger partial charge in [0, 0.05) is 33.9 Å². The first-order chi connectivity index (χ1) is 30.6. The normalized spacial score (nSPS) is 15.0. The smallest absolute Gasteiger partial charge is 0.160 e. The van der Waals surface area contributed by atoms with Crippen molar-refractivity contribution in [2.45, 2.75) is 12.8 Å². The van der Waals surface area contributed by atoms with Crippen molar-refractivity contribution in [3.8, 4) is 51.0 Å². The summed E-state index contributed by atoms with van der Waals surface area (Å²) in [6.45, 7) is 2.28. The summed E-state index contributed by atoms with van der Waals surface area (Å²) in [5.74, 6) is 2.39. The molecule has 0 saturated carbocycles. The maximum Gasteiger partial charge on any atom is 0.160 e. The Morgan fingerprint density at radius 3 is 1.56 bits per heavy atom. The summed E-state index contributed by atoms with van der Waals surface area (Å²) in [5, 5.41) is 9.56. The highest BCUT2D eigenvalue weighted by Crippen LogP contribution is 2.40. The Labute approximate surface area is 359 Å². The molecule has 12 rings (SSSR count). The molecular formula is C58H40N4. The fraction of sp³-hybridized carbons (Fsp3) is 0.0517. The Morgan fingerprint density at radius 2 is 0.952 bits per heavy atom. The van der Waals surface area contributed by atoms with E-state index in [-0.39, 0.29) is 0 Å². The highest BCUT2D eigenvalue weighted by atomic mass is 15.1. The molecule has 0 N–H and O–H groups in total. The lowest BCUT2D eigenvalue weighted by atomic mass is 9.84. The van der Waals surface area contributed by atoms with Crippen molar-refractivity contribution in [2.75, 3.05) is 0 Å². The maximum absolute atomic E-state index is 5.42. The maximum atomic E-state index is 5.42. The molecule has 62 heavy (non-hydrogen) atoms. The van der Waals surface area contributed by atoms with Crippen LogP contribution in [0.3, 0.4) is 0 Å². The van der Waals surface area contributed by atoms with E-state index in [0.29, 0.717) is 17.7 Å². The molecule has 4 nitrogen and oxygen atoms in total. The molecule has 2 unspecified atom stereocenters. The highest BCUT2D eigenvalue weighted by Gasteiger charge is 2.20. The molecule has 2 atom stereocenters. The number of nitrogens with zero attached hydrogens (tertiary/aromatic N) is 4. The topological polar surface area (TPSA) is 43.6 Å². The largest absolute Gasteiger partial charge is 0.292 e. The predicted octanol–water partition coefficient (Wildman–Crippen LogP) is 14.9. The molecule has 0 amide bonds. The average Bonchev–Trinajstić information content (AvgIpc) is 3.73. The number of allylic oxidation sites excluding steroid dienone is 4. The summed E-state index contributed by atoms with van der Waals surface area (Å²) < 4.78 is 2.27. The molecule has 1 aliphatic carbocycles. The number of benzene rings is 9. The first-order valence-electron chi connectivity index (χ1n) is 21.4. The highest BCUT2D eigenvalue weighted by molar-refractivity contribution is 6.15. The quantitative estimate of drug-likeness (QED) is 0.158. The molecule has 9 aromatic carbocycles. The summed E-state index contributed by atoms with van der Waals surface area (Å²) >= 11 is 0. The zero-order valence-corrected chi connectivity index (χ0v) is 34.2. The van der Waals surface area contributed by atoms with Crippen LogP contribution < -0.4 is 0 Å². The monoisotopic (exact) mass is 792 g/mol. The van der Waals surface area contributed by atoms with Gasteiger partial charge in [-0.15, -0.1) is 0 Å². The van der Waals surface area contributed by atoms with Gasteiger partial charge in [-0.05, 0) is 109 Å². The van der Waals surface area contributed by atoms with E-state index < -0.39 is 0 Å². The number of imidazole rings is 1. The van der Waals surface area contributed by atoms with E-state index in [4.69, 9.17) is 15.0 Å². The number of fused-ring (bicyclic) bond motifs is 7. The third-order valence-corrected chi connectivity index (χ3v) is 12.7. The number of hydrogen-bond donors (Lipinski definition) is 0. The van der Waals surface area contributed by atoms with Crippen LogP contribution in [0.25, 0.3) is 105 Å². The summed E-state index contributed by atoms with van der Waals surface area (Å²) in [6.07, 6.45) is 8.87. The molecule has 0 fully saturated rings. The van der Waals surface area contributed by atoms with Gasteiger partial charge < -0.3 is 0 Å². The zero-order valence-electron chi connectivity index (χ0n) is 34.2. The van der Waals surface area contributed by atoms with Gasteiger partial charge in [0.15, 0.2) is 5.82 Å². The van der Waals surface area contributed by atoms with Crippen LogP contribution >= 0.6 is 0 Å². The lowest BCUT2D eigenvalue weighted by Gasteiger charge is -2.21. The Balaban J connectivity index is 1.02. The van der Waals surface area contributed by atoms with E-state index in [1.807, 2.05) is 0 Å². The van der Waals surface area contributed by atoms with Gasteiger partial charge in [0.05, 0.1) is 22.4 Å². The van der Waals surface area contributed by atoms with Crippen molar-refractivity contribution in [1.29, 1.82) is 0 Å². The van der Waals surface area contributed by atoms with Crippen LogP contribution in [0.5, 0.6) is 0 Å². The molecule has 11 aromatic rings. The van der Waals surface area contributed by atoms with Crippen LogP contribution in [0.15, 0.2) is 212 Å². The molecular weight excluding hydrogens is 753 g/mol. The van der Waals surface area contributed by atoms with E-state index >= 15 is 0 Å². The second kappa shape index (κ2) is 14.6. The number of rotatable bonds is 6. The van der Waals surface area contributed by atoms with Crippen LogP contribution in [0.2, 0.25) is 0 Å². The summed E-state index contributed by atoms with van der Waals surface area (Å²) in [7, 11) is 0. The third kappa shape index (κ3) is 6.02. The Kier molecular flexibility index (Phi) is 8.49. The summed E-state index contributed by atoms with van der Waals surface area (Å²) in [5.41, 5.74) is 10.3. The number of para-hydroxylation sites is 2. The first kappa shape index (κ1) is 35.9. The van der Waals surface area contributed by atoms with Crippen LogP contribution in [0.4, 0.5) is 0 Å². The SMILES string of the molecule is CC1C=CC=CC1c1ccc(-c2nc3ccccc3n2-c2ccc(-c3nc(-c4cc5ccccc5c5ccccc45)cc(-c4cc5ccccc5c5ccccc45)n3)cc2)cc1. The van der Waals surface area contributed by atoms with E-state index in [1.54, 1.807) is 0 Å². The molecule has 1 aliphatic rings. The van der Waals surface area contributed by atoms with Crippen molar-refractivity contribution in [2.24, 2.45) is 5.92 Å². The molecule has 0 radical (unpaired) electrons. The third-order valence-electron chi connectivity index (χ3n) is 12.7. The minimum atomic E-state index is 0.363. The second-order valence-electron chi connectivity index (χ2n) is 16.4. The van der Waals surface area contributed by atoms with Gasteiger partial charge in [0.2, 0.25) is 0 Å². The second-order valence-corrected chi connectivity index (χ2v) is 16.4. The molecule has 0 saturated heterocycles. The fourth-order valence-electron chi connectivity index (χ4n) is 9.61. The van der Waals surface area contributed by atoms with E-state index in [9.17, 15) is 0 Å². The fourth-order valence-corrected chi connectivity index (χ4v) is 9.61. The Bertz CT molecular complexity index is 3460. The van der Waals surface area contributed by atoms with Gasteiger partial charge in [-0.25, -0.2) is 15.0 Å². The minimum absolute atomic E-state index is 0.363. The van der Waals surface area contributed by atoms with Crippen molar-refractivity contribution < 1.29 is 0 Å². The summed E-state index contributed by atoms with van der Waals surface area (Å²) in [6, 6.07) is 67.3. The van der Waals surface area contributed by atoms with Gasteiger partial charge in [-0.1, -0.05) is 165 Å². The molecule has 0 spiro atoms. The Morgan fingerprint density at radius 1 is 0.435 bits per heavy atom. The molecule has 4 heteroatoms. The number of aromatic nitrogens is 4. The van der Waals surface area contributed by atoms with Crippen LogP contribution in [0, 0.1) is 5.92 Å². The lowest BCUT2D eigenvalue weighted by molar-refractivity contribution is 0.635. The Hall–Kier alpha value is -7.95. The van der Waals surface area contributed by atoms with E-state index in [0.717, 1.165) is 67.0 Å². The van der Waals surface area contributed by atoms with Gasteiger partial charge in [0.1, 0.15) is 5.82 Å².